The first-order valence-electron chi connectivity index (χ1n) is 11.0. The number of halogens is 3. The monoisotopic (exact) mass is 546 g/mol. The van der Waals surface area contributed by atoms with Gasteiger partial charge >= 0.3 is 18.1 Å². The zero-order valence-corrected chi connectivity index (χ0v) is 20.1. The van der Waals surface area contributed by atoms with Gasteiger partial charge in [0.1, 0.15) is 11.5 Å². The molecule has 1 amide bonds. The summed E-state index contributed by atoms with van der Waals surface area (Å²) in [6.45, 7) is 2.12. The largest absolute Gasteiger partial charge is 0.490 e. The normalized spacial score (nSPS) is 10.9. The molecule has 0 radical (unpaired) electrons. The molecule has 5 N–H and O–H groups in total. The van der Waals surface area contributed by atoms with E-state index in [0.717, 1.165) is 16.8 Å². The molecule has 12 nitrogen and oxygen atoms in total. The van der Waals surface area contributed by atoms with Gasteiger partial charge in [0.05, 0.1) is 11.9 Å². The molecule has 0 unspecified atom stereocenters. The van der Waals surface area contributed by atoms with Gasteiger partial charge in [0.15, 0.2) is 5.69 Å². The minimum atomic E-state index is -5.08. The van der Waals surface area contributed by atoms with Gasteiger partial charge in [-0.05, 0) is 42.8 Å². The summed E-state index contributed by atoms with van der Waals surface area (Å²) in [7, 11) is 0. The van der Waals surface area contributed by atoms with Crippen LogP contribution < -0.4 is 11.1 Å². The number of amides is 1. The number of carbonyl (C=O) groups excluding carboxylic acids is 1. The molecule has 0 aliphatic carbocycles. The molecule has 2 aromatic heterocycles. The van der Waals surface area contributed by atoms with E-state index in [0.29, 0.717) is 29.1 Å². The molecule has 0 atom stereocenters. The van der Waals surface area contributed by atoms with Gasteiger partial charge in [-0.2, -0.15) is 13.2 Å². The number of aliphatic carboxylic acids is 1. The van der Waals surface area contributed by atoms with Crippen LogP contribution in [-0.2, 0) is 11.2 Å². The molecule has 4 aromatic rings. The molecule has 0 saturated heterocycles. The van der Waals surface area contributed by atoms with Gasteiger partial charge in [-0.3, -0.25) is 4.79 Å². The fraction of sp³-hybridized carbons (Fsp3) is 0.167. The molecule has 0 fully saturated rings. The number of aryl methyl sites for hydroxylation is 1. The number of nitrogen functional groups attached to an aromatic ring is 1. The van der Waals surface area contributed by atoms with Crippen molar-refractivity contribution in [1.29, 1.82) is 0 Å². The van der Waals surface area contributed by atoms with Crippen molar-refractivity contribution in [3.05, 3.63) is 77.3 Å². The summed E-state index contributed by atoms with van der Waals surface area (Å²) in [5.41, 5.74) is 9.92. The van der Waals surface area contributed by atoms with Crippen molar-refractivity contribution in [3.8, 4) is 16.9 Å². The lowest BCUT2D eigenvalue weighted by molar-refractivity contribution is -0.192. The van der Waals surface area contributed by atoms with Crippen molar-refractivity contribution in [2.24, 2.45) is 0 Å². The van der Waals surface area contributed by atoms with Gasteiger partial charge in [-0.25, -0.2) is 14.3 Å². The number of hydrogen-bond donors (Lipinski definition) is 4. The number of rotatable bonds is 7. The van der Waals surface area contributed by atoms with Crippen molar-refractivity contribution in [3.63, 3.8) is 0 Å². The van der Waals surface area contributed by atoms with Crippen LogP contribution >= 0.6 is 0 Å². The number of aromatic nitrogens is 4. The zero-order valence-electron chi connectivity index (χ0n) is 20.1. The second-order valence-corrected chi connectivity index (χ2v) is 7.97. The third kappa shape index (κ3) is 7.64. The van der Waals surface area contributed by atoms with Crippen molar-refractivity contribution in [1.82, 2.24) is 25.5 Å². The Kier molecular flexibility index (Phi) is 8.65. The van der Waals surface area contributed by atoms with Gasteiger partial charge < -0.3 is 25.8 Å². The van der Waals surface area contributed by atoms with E-state index in [1.807, 2.05) is 31.2 Å². The van der Waals surface area contributed by atoms with Crippen LogP contribution in [0.1, 0.15) is 32.2 Å². The number of carbonyl (C=O) groups is 3. The topological polar surface area (TPSA) is 186 Å². The molecule has 2 heterocycles. The second-order valence-electron chi connectivity index (χ2n) is 7.97. The molecule has 15 heteroatoms. The zero-order chi connectivity index (χ0) is 28.7. The number of anilines is 1. The lowest BCUT2D eigenvalue weighted by Gasteiger charge is -2.08. The van der Waals surface area contributed by atoms with Gasteiger partial charge in [0.2, 0.25) is 0 Å². The number of nitrogens with two attached hydrogens (primary N) is 1. The van der Waals surface area contributed by atoms with E-state index in [9.17, 15) is 22.8 Å². The van der Waals surface area contributed by atoms with Crippen LogP contribution in [0.25, 0.3) is 16.9 Å². The summed E-state index contributed by atoms with van der Waals surface area (Å²) in [5.74, 6) is -3.77. The quantitative estimate of drug-likeness (QED) is 0.251. The summed E-state index contributed by atoms with van der Waals surface area (Å²) >= 11 is 0. The maximum Gasteiger partial charge on any atom is 0.490 e. The third-order valence-corrected chi connectivity index (χ3v) is 5.07. The Morgan fingerprint density at radius 2 is 1.82 bits per heavy atom. The number of hydrogen-bond acceptors (Lipinski definition) is 8. The van der Waals surface area contributed by atoms with Gasteiger partial charge in [-0.15, -0.1) is 5.10 Å². The van der Waals surface area contributed by atoms with Crippen molar-refractivity contribution >= 4 is 23.5 Å². The maximum atomic E-state index is 12.5. The van der Waals surface area contributed by atoms with Crippen LogP contribution in [0.2, 0.25) is 0 Å². The van der Waals surface area contributed by atoms with Gasteiger partial charge in [-0.1, -0.05) is 22.5 Å². The molecule has 4 rings (SSSR count). The van der Waals surface area contributed by atoms with Crippen LogP contribution in [0, 0.1) is 6.92 Å². The Hall–Kier alpha value is -5.21. The van der Waals surface area contributed by atoms with E-state index >= 15 is 0 Å². The number of carboxylic acids is 2. The van der Waals surface area contributed by atoms with E-state index < -0.39 is 18.1 Å². The highest BCUT2D eigenvalue weighted by Crippen LogP contribution is 2.22. The summed E-state index contributed by atoms with van der Waals surface area (Å²) in [5, 5.41) is 30.6. The molecular formula is C24H21F3N6O6. The first-order valence-corrected chi connectivity index (χ1v) is 11.0. The number of aromatic carboxylic acids is 1. The van der Waals surface area contributed by atoms with E-state index in [1.165, 1.54) is 6.07 Å². The Morgan fingerprint density at radius 1 is 1.10 bits per heavy atom. The van der Waals surface area contributed by atoms with Gasteiger partial charge in [0, 0.05) is 35.8 Å². The number of benzene rings is 2. The fourth-order valence-electron chi connectivity index (χ4n) is 3.19. The van der Waals surface area contributed by atoms with Crippen LogP contribution in [-0.4, -0.2) is 60.9 Å². The summed E-state index contributed by atoms with van der Waals surface area (Å²) < 4.78 is 38.3. The first kappa shape index (κ1) is 28.4. The van der Waals surface area contributed by atoms with Crippen molar-refractivity contribution in [2.75, 3.05) is 12.3 Å². The van der Waals surface area contributed by atoms with Crippen molar-refractivity contribution in [2.45, 2.75) is 19.5 Å². The van der Waals surface area contributed by atoms with Gasteiger partial charge in [0.25, 0.3) is 5.91 Å². The van der Waals surface area contributed by atoms with E-state index in [4.69, 9.17) is 25.3 Å². The summed E-state index contributed by atoms with van der Waals surface area (Å²) in [6.07, 6.45) is -2.96. The SMILES string of the molecule is Cc1cc(-c2cn(-c3cccc(N)c3)nn2)ccc1C(=O)NCCc1cc(C(=O)O)no1.O=C(O)C(F)(F)F. The van der Waals surface area contributed by atoms with Crippen LogP contribution in [0.15, 0.2) is 59.3 Å². The Labute approximate surface area is 217 Å². The van der Waals surface area contributed by atoms with Crippen molar-refractivity contribution < 1.29 is 42.3 Å². The summed E-state index contributed by atoms with van der Waals surface area (Å²) in [4.78, 5) is 32.3. The lowest BCUT2D eigenvalue weighted by Crippen LogP contribution is -2.26. The smallest absolute Gasteiger partial charge is 0.476 e. The average molecular weight is 546 g/mol. The predicted molar refractivity (Wildman–Crippen MR) is 129 cm³/mol. The number of nitrogens with one attached hydrogen (secondary N) is 1. The molecule has 0 spiro atoms. The number of nitrogens with zero attached hydrogens (tertiary/aromatic N) is 4. The second kappa shape index (κ2) is 11.9. The van der Waals surface area contributed by atoms with E-state index in [-0.39, 0.29) is 18.1 Å². The van der Waals surface area contributed by atoms with E-state index in [2.05, 4.69) is 20.8 Å². The highest BCUT2D eigenvalue weighted by Gasteiger charge is 2.38. The molecule has 0 bridgehead atoms. The fourth-order valence-corrected chi connectivity index (χ4v) is 3.19. The summed E-state index contributed by atoms with van der Waals surface area (Å²) in [6, 6.07) is 14.1. The molecule has 0 saturated carbocycles. The molecule has 0 aliphatic rings. The van der Waals surface area contributed by atoms with Crippen LogP contribution in [0.5, 0.6) is 0 Å². The number of carboxylic acid groups (broad SMARTS) is 2. The minimum absolute atomic E-state index is 0.162. The molecule has 0 aliphatic heterocycles. The standard InChI is InChI=1S/C22H20N6O4.C2HF3O2/c1-13-9-14(20-12-28(27-25-20)16-4-2-3-15(23)10-16)5-6-18(13)21(29)24-8-7-17-11-19(22(30)31)26-32-17;3-2(4,5)1(6)7/h2-6,9-12H,7-8,23H2,1H3,(H,24,29)(H,30,31);(H,6,7). The Balaban J connectivity index is 0.000000532. The van der Waals surface area contributed by atoms with Crippen LogP contribution in [0.3, 0.4) is 0 Å². The Bertz CT molecular complexity index is 1500. The molecule has 204 valence electrons. The highest BCUT2D eigenvalue weighted by molar-refractivity contribution is 5.96. The van der Waals surface area contributed by atoms with E-state index in [1.54, 1.807) is 29.1 Å². The molecular weight excluding hydrogens is 525 g/mol. The molecule has 2 aromatic carbocycles. The van der Waals surface area contributed by atoms with Crippen LogP contribution in [0.4, 0.5) is 18.9 Å². The number of alkyl halides is 3. The maximum absolute atomic E-state index is 12.5. The first-order chi connectivity index (χ1) is 18.3. The lowest BCUT2D eigenvalue weighted by atomic mass is 10.0. The minimum Gasteiger partial charge on any atom is -0.476 e. The average Bonchev–Trinajstić information content (AvgIpc) is 3.54. The molecule has 39 heavy (non-hydrogen) atoms. The third-order valence-electron chi connectivity index (χ3n) is 5.07. The Morgan fingerprint density at radius 3 is 2.41 bits per heavy atom. The predicted octanol–water partition coefficient (Wildman–Crippen LogP) is 3.12. The highest BCUT2D eigenvalue weighted by atomic mass is 19.4.